The molecule has 164 valence electrons. The van der Waals surface area contributed by atoms with Crippen molar-refractivity contribution in [3.63, 3.8) is 0 Å². The minimum absolute atomic E-state index is 0.000752. The van der Waals surface area contributed by atoms with Crippen LogP contribution in [0.5, 0.6) is 0 Å². The van der Waals surface area contributed by atoms with Crippen LogP contribution in [-0.4, -0.2) is 43.8 Å². The van der Waals surface area contributed by atoms with Crippen molar-refractivity contribution in [1.29, 1.82) is 0 Å². The van der Waals surface area contributed by atoms with Gasteiger partial charge in [-0.2, -0.15) is 5.10 Å². The second-order valence-electron chi connectivity index (χ2n) is 8.15. The first-order valence-electron chi connectivity index (χ1n) is 10.7. The van der Waals surface area contributed by atoms with Gasteiger partial charge in [-0.15, -0.1) is 0 Å². The molecule has 5 nitrogen and oxygen atoms in total. The molecule has 3 unspecified atom stereocenters. The highest BCUT2D eigenvalue weighted by Gasteiger charge is 2.53. The molecule has 0 aliphatic carbocycles. The third-order valence-corrected chi connectivity index (χ3v) is 6.36. The lowest BCUT2D eigenvalue weighted by molar-refractivity contribution is -0.111. The molecule has 0 aromatic heterocycles. The predicted octanol–water partition coefficient (Wildman–Crippen LogP) is 3.68. The molecule has 1 fully saturated rings. The number of nitrogens with zero attached hydrogens (tertiary/aromatic N) is 2. The number of rotatable bonds is 6. The Morgan fingerprint density at radius 2 is 2.06 bits per heavy atom. The van der Waals surface area contributed by atoms with Gasteiger partial charge < -0.3 is 10.1 Å². The number of carbonyl (C=O) groups excluding carboxylic acids is 1. The predicted molar refractivity (Wildman–Crippen MR) is 116 cm³/mol. The normalized spacial score (nSPS) is 24.7. The number of halogens is 2. The van der Waals surface area contributed by atoms with Gasteiger partial charge in [0.15, 0.2) is 5.78 Å². The number of Topliss-reactive ketones (excluding diaryl/α,β-unsaturated/α-hetero) is 1. The number of morpholine rings is 1. The number of ether oxygens (including phenoxy) is 1. The van der Waals surface area contributed by atoms with E-state index < -0.39 is 17.0 Å². The Morgan fingerprint density at radius 3 is 2.71 bits per heavy atom. The fourth-order valence-electron chi connectivity index (χ4n) is 5.05. The van der Waals surface area contributed by atoms with Gasteiger partial charge in [-0.25, -0.2) is 8.78 Å². The molecular weight excluding hydrogens is 400 g/mol. The summed E-state index contributed by atoms with van der Waals surface area (Å²) in [4.78, 5) is 12.9. The second-order valence-corrected chi connectivity index (χ2v) is 8.15. The van der Waals surface area contributed by atoms with Gasteiger partial charge in [-0.3, -0.25) is 9.80 Å². The van der Waals surface area contributed by atoms with Crippen LogP contribution in [0.3, 0.4) is 0 Å². The molecule has 2 aliphatic rings. The van der Waals surface area contributed by atoms with E-state index >= 15 is 0 Å². The fourth-order valence-corrected chi connectivity index (χ4v) is 5.05. The van der Waals surface area contributed by atoms with Crippen LogP contribution in [0, 0.1) is 17.6 Å². The molecule has 31 heavy (non-hydrogen) atoms. The Bertz CT molecular complexity index is 976. The first kappa shape index (κ1) is 21.6. The summed E-state index contributed by atoms with van der Waals surface area (Å²) in [5.74, 6) is -1.36. The maximum Gasteiger partial charge on any atom is 0.176 e. The zero-order chi connectivity index (χ0) is 22.0. The van der Waals surface area contributed by atoms with E-state index in [4.69, 9.17) is 4.74 Å². The number of hydrogen-bond donors (Lipinski definition) is 1. The van der Waals surface area contributed by atoms with Gasteiger partial charge in [0.1, 0.15) is 17.3 Å². The van der Waals surface area contributed by atoms with Crippen LogP contribution in [0.2, 0.25) is 0 Å². The third kappa shape index (κ3) is 3.88. The van der Waals surface area contributed by atoms with E-state index in [9.17, 15) is 13.6 Å². The summed E-state index contributed by atoms with van der Waals surface area (Å²) < 4.78 is 34.3. The summed E-state index contributed by atoms with van der Waals surface area (Å²) in [7, 11) is 0. The molecule has 0 spiro atoms. The van der Waals surface area contributed by atoms with E-state index in [1.54, 1.807) is 0 Å². The Balaban J connectivity index is 1.88. The number of benzene rings is 2. The number of anilines is 1. The maximum atomic E-state index is 14.6. The molecule has 0 bridgehead atoms. The highest BCUT2D eigenvalue weighted by molar-refractivity contribution is 6.43. The standard InChI is InChI=1S/C24H27F2N3O2/c1-3-19(21-14-31-12-11-27-21)24(17-7-5-4-6-8-17)15-29(28-23(24)16(2)30)22-13-18(25)9-10-20(22)26/h4-10,13,19,21,27H,3,11-12,14-15H2,1-2H3. The Labute approximate surface area is 181 Å². The zero-order valence-corrected chi connectivity index (χ0v) is 17.8. The molecule has 3 atom stereocenters. The minimum atomic E-state index is -0.793. The van der Waals surface area contributed by atoms with Gasteiger partial charge in [-0.05, 0) is 23.6 Å². The molecule has 7 heteroatoms. The highest BCUT2D eigenvalue weighted by Crippen LogP contribution is 2.44. The van der Waals surface area contributed by atoms with Gasteiger partial charge in [-0.1, -0.05) is 43.7 Å². The number of hydrazone groups is 1. The van der Waals surface area contributed by atoms with Gasteiger partial charge in [0.05, 0.1) is 30.9 Å². The lowest BCUT2D eigenvalue weighted by Gasteiger charge is -2.43. The van der Waals surface area contributed by atoms with Crippen LogP contribution in [0.25, 0.3) is 0 Å². The molecule has 2 aromatic carbocycles. The molecule has 4 rings (SSSR count). The van der Waals surface area contributed by atoms with Gasteiger partial charge in [0, 0.05) is 25.6 Å². The van der Waals surface area contributed by atoms with Crippen LogP contribution in [0.1, 0.15) is 25.8 Å². The van der Waals surface area contributed by atoms with Crippen molar-refractivity contribution in [2.24, 2.45) is 11.0 Å². The Kier molecular flexibility index (Phi) is 6.16. The maximum absolute atomic E-state index is 14.6. The minimum Gasteiger partial charge on any atom is -0.379 e. The van der Waals surface area contributed by atoms with Crippen molar-refractivity contribution < 1.29 is 18.3 Å². The van der Waals surface area contributed by atoms with Gasteiger partial charge in [0.2, 0.25) is 0 Å². The molecule has 0 saturated carbocycles. The monoisotopic (exact) mass is 427 g/mol. The average molecular weight is 427 g/mol. The highest BCUT2D eigenvalue weighted by atomic mass is 19.1. The average Bonchev–Trinajstić information content (AvgIpc) is 3.19. The van der Waals surface area contributed by atoms with E-state index in [0.717, 1.165) is 36.7 Å². The topological polar surface area (TPSA) is 53.9 Å². The van der Waals surface area contributed by atoms with Crippen molar-refractivity contribution in [1.82, 2.24) is 5.32 Å². The lowest BCUT2D eigenvalue weighted by Crippen LogP contribution is -2.58. The second kappa shape index (κ2) is 8.85. The van der Waals surface area contributed by atoms with E-state index in [2.05, 4.69) is 17.3 Å². The molecule has 1 N–H and O–H groups in total. The largest absolute Gasteiger partial charge is 0.379 e. The summed E-state index contributed by atoms with van der Waals surface area (Å²) in [6, 6.07) is 13.0. The van der Waals surface area contributed by atoms with E-state index in [-0.39, 0.29) is 30.0 Å². The van der Waals surface area contributed by atoms with Crippen LogP contribution < -0.4 is 10.3 Å². The Morgan fingerprint density at radius 1 is 1.29 bits per heavy atom. The van der Waals surface area contributed by atoms with Crippen LogP contribution in [0.15, 0.2) is 53.6 Å². The first-order valence-corrected chi connectivity index (χ1v) is 10.7. The fraction of sp³-hybridized carbons (Fsp3) is 0.417. The number of hydrogen-bond acceptors (Lipinski definition) is 5. The smallest absolute Gasteiger partial charge is 0.176 e. The Hall–Kier alpha value is -2.64. The van der Waals surface area contributed by atoms with Gasteiger partial charge >= 0.3 is 0 Å². The van der Waals surface area contributed by atoms with Crippen molar-refractivity contribution in [2.45, 2.75) is 31.7 Å². The van der Waals surface area contributed by atoms with E-state index in [0.29, 0.717) is 18.9 Å². The number of carbonyl (C=O) groups is 1. The molecular formula is C24H27F2N3O2. The summed E-state index contributed by atoms with van der Waals surface area (Å²) in [5.41, 5.74) is 0.530. The SMILES string of the molecule is CCC(C1COCCN1)C1(c2ccccc2)CN(c2cc(F)ccc2F)N=C1C(C)=O. The van der Waals surface area contributed by atoms with E-state index in [1.165, 1.54) is 11.9 Å². The molecule has 2 heterocycles. The summed E-state index contributed by atoms with van der Waals surface area (Å²) in [6.45, 7) is 5.68. The first-order chi connectivity index (χ1) is 15.0. The van der Waals surface area contributed by atoms with Crippen molar-refractivity contribution in [3.05, 3.63) is 65.7 Å². The summed E-state index contributed by atoms with van der Waals surface area (Å²) in [6.07, 6.45) is 0.752. The van der Waals surface area contributed by atoms with Crippen molar-refractivity contribution in [3.8, 4) is 0 Å². The van der Waals surface area contributed by atoms with Crippen LogP contribution in [-0.2, 0) is 14.9 Å². The quantitative estimate of drug-likeness (QED) is 0.764. The van der Waals surface area contributed by atoms with Crippen LogP contribution in [0.4, 0.5) is 14.5 Å². The van der Waals surface area contributed by atoms with E-state index in [1.807, 2.05) is 30.3 Å². The zero-order valence-electron chi connectivity index (χ0n) is 17.8. The third-order valence-electron chi connectivity index (χ3n) is 6.36. The van der Waals surface area contributed by atoms with Crippen LogP contribution >= 0.6 is 0 Å². The molecule has 0 amide bonds. The molecule has 0 radical (unpaired) electrons. The molecule has 2 aliphatic heterocycles. The lowest BCUT2D eigenvalue weighted by atomic mass is 9.63. The molecule has 1 saturated heterocycles. The summed E-state index contributed by atoms with van der Waals surface area (Å²) >= 11 is 0. The molecule has 2 aromatic rings. The van der Waals surface area contributed by atoms with Gasteiger partial charge in [0.25, 0.3) is 0 Å². The number of ketones is 1. The van der Waals surface area contributed by atoms with Crippen molar-refractivity contribution in [2.75, 3.05) is 31.3 Å². The summed E-state index contributed by atoms with van der Waals surface area (Å²) in [5, 5.41) is 9.55. The number of nitrogens with one attached hydrogen (secondary N) is 1. The van der Waals surface area contributed by atoms with Crippen molar-refractivity contribution >= 4 is 17.2 Å².